The summed E-state index contributed by atoms with van der Waals surface area (Å²) in [6.45, 7) is -0.444. The third kappa shape index (κ3) is 4.15. The van der Waals surface area contributed by atoms with E-state index in [0.717, 1.165) is 10.8 Å². The molecule has 1 heterocycles. The van der Waals surface area contributed by atoms with Crippen molar-refractivity contribution in [3.8, 4) is 0 Å². The summed E-state index contributed by atoms with van der Waals surface area (Å²) in [5, 5.41) is 4.71. The first-order valence-electron chi connectivity index (χ1n) is 9.51. The van der Waals surface area contributed by atoms with Crippen LogP contribution in [0.15, 0.2) is 66.7 Å². The number of amides is 2. The fraction of sp³-hybridized carbons (Fsp3) is 0.174. The van der Waals surface area contributed by atoms with E-state index in [4.69, 9.17) is 4.74 Å². The fourth-order valence-corrected chi connectivity index (χ4v) is 3.49. The number of benzene rings is 3. The summed E-state index contributed by atoms with van der Waals surface area (Å²) < 4.78 is 19.0. The predicted molar refractivity (Wildman–Crippen MR) is 110 cm³/mol. The van der Waals surface area contributed by atoms with Crippen LogP contribution in [0.3, 0.4) is 0 Å². The fourth-order valence-electron chi connectivity index (χ4n) is 3.49. The molecular weight excluding hydrogens is 387 g/mol. The van der Waals surface area contributed by atoms with Gasteiger partial charge in [-0.2, -0.15) is 0 Å². The van der Waals surface area contributed by atoms with Gasteiger partial charge >= 0.3 is 5.97 Å². The Bertz CT molecular complexity index is 1130. The molecule has 0 spiro atoms. The zero-order valence-corrected chi connectivity index (χ0v) is 16.0. The van der Waals surface area contributed by atoms with Crippen molar-refractivity contribution in [2.24, 2.45) is 5.92 Å². The van der Waals surface area contributed by atoms with Gasteiger partial charge in [0.1, 0.15) is 5.82 Å². The molecule has 7 heteroatoms. The Morgan fingerprint density at radius 2 is 1.77 bits per heavy atom. The number of carbonyl (C=O) groups is 3. The molecule has 152 valence electrons. The SMILES string of the molecule is O=C(COC(=O)[C@@H]1CC(=O)N(c2ccccc2F)C1)Nc1ccc2ccccc2c1. The van der Waals surface area contributed by atoms with Crippen LogP contribution >= 0.6 is 0 Å². The van der Waals surface area contributed by atoms with Gasteiger partial charge < -0.3 is 15.0 Å². The standard InChI is InChI=1S/C23H19FN2O4/c24-19-7-3-4-8-20(19)26-13-17(12-22(26)28)23(29)30-14-21(27)25-18-10-9-15-5-1-2-6-16(15)11-18/h1-11,17H,12-14H2,(H,25,27)/t17-/m1/s1. The second-order valence-electron chi connectivity index (χ2n) is 7.07. The maximum atomic E-state index is 13.9. The minimum absolute atomic E-state index is 0.0187. The molecule has 0 bridgehead atoms. The highest BCUT2D eigenvalue weighted by Crippen LogP contribution is 2.28. The number of rotatable bonds is 5. The summed E-state index contributed by atoms with van der Waals surface area (Å²) in [5.41, 5.74) is 0.725. The largest absolute Gasteiger partial charge is 0.455 e. The molecule has 6 nitrogen and oxygen atoms in total. The summed E-state index contributed by atoms with van der Waals surface area (Å²) in [4.78, 5) is 37.9. The Kier molecular flexibility index (Phi) is 5.43. The molecule has 1 aliphatic rings. The third-order valence-corrected chi connectivity index (χ3v) is 4.98. The first-order valence-corrected chi connectivity index (χ1v) is 9.51. The zero-order valence-electron chi connectivity index (χ0n) is 16.0. The number of carbonyl (C=O) groups excluding carboxylic acids is 3. The lowest BCUT2D eigenvalue weighted by atomic mass is 10.1. The summed E-state index contributed by atoms with van der Waals surface area (Å²) in [5.74, 6) is -2.77. The highest BCUT2D eigenvalue weighted by molar-refractivity contribution is 6.00. The zero-order chi connectivity index (χ0) is 21.1. The first-order chi connectivity index (χ1) is 14.5. The van der Waals surface area contributed by atoms with Crippen molar-refractivity contribution in [1.82, 2.24) is 0 Å². The van der Waals surface area contributed by atoms with Gasteiger partial charge in [-0.25, -0.2) is 4.39 Å². The minimum Gasteiger partial charge on any atom is -0.455 e. The van der Waals surface area contributed by atoms with Crippen LogP contribution in [0.4, 0.5) is 15.8 Å². The molecule has 0 aromatic heterocycles. The molecule has 0 radical (unpaired) electrons. The van der Waals surface area contributed by atoms with Gasteiger partial charge in [0.2, 0.25) is 5.91 Å². The second kappa shape index (κ2) is 8.32. The van der Waals surface area contributed by atoms with Crippen LogP contribution < -0.4 is 10.2 Å². The Hall–Kier alpha value is -3.74. The van der Waals surface area contributed by atoms with Crippen LogP contribution in [0.1, 0.15) is 6.42 Å². The number of ether oxygens (including phenoxy) is 1. The molecule has 1 aliphatic heterocycles. The number of nitrogens with zero attached hydrogens (tertiary/aromatic N) is 1. The van der Waals surface area contributed by atoms with E-state index in [2.05, 4.69) is 5.32 Å². The van der Waals surface area contributed by atoms with Crippen LogP contribution in [0.25, 0.3) is 10.8 Å². The number of anilines is 2. The van der Waals surface area contributed by atoms with Crippen LogP contribution in [-0.2, 0) is 19.1 Å². The molecule has 2 amide bonds. The predicted octanol–water partition coefficient (Wildman–Crippen LogP) is 3.51. The summed E-state index contributed by atoms with van der Waals surface area (Å²) in [6.07, 6.45) is -0.0839. The number of halogens is 1. The van der Waals surface area contributed by atoms with Gasteiger partial charge in [0.15, 0.2) is 6.61 Å². The highest BCUT2D eigenvalue weighted by Gasteiger charge is 2.37. The lowest BCUT2D eigenvalue weighted by Crippen LogP contribution is -2.28. The van der Waals surface area contributed by atoms with Gasteiger partial charge in [-0.1, -0.05) is 42.5 Å². The van der Waals surface area contributed by atoms with Crippen LogP contribution in [0.5, 0.6) is 0 Å². The molecule has 1 atom stereocenters. The Morgan fingerprint density at radius 1 is 1.03 bits per heavy atom. The van der Waals surface area contributed by atoms with Crippen molar-refractivity contribution in [2.75, 3.05) is 23.4 Å². The van der Waals surface area contributed by atoms with E-state index in [1.807, 2.05) is 36.4 Å². The van der Waals surface area contributed by atoms with Crippen molar-refractivity contribution in [2.45, 2.75) is 6.42 Å². The van der Waals surface area contributed by atoms with Crippen molar-refractivity contribution in [1.29, 1.82) is 0 Å². The molecule has 4 rings (SSSR count). The van der Waals surface area contributed by atoms with Gasteiger partial charge in [0, 0.05) is 18.7 Å². The molecule has 0 aliphatic carbocycles. The van der Waals surface area contributed by atoms with E-state index in [1.54, 1.807) is 12.1 Å². The number of nitrogens with one attached hydrogen (secondary N) is 1. The van der Waals surface area contributed by atoms with Crippen molar-refractivity contribution in [3.05, 3.63) is 72.5 Å². The van der Waals surface area contributed by atoms with E-state index in [9.17, 15) is 18.8 Å². The van der Waals surface area contributed by atoms with E-state index < -0.39 is 30.2 Å². The number of hydrogen-bond acceptors (Lipinski definition) is 4. The molecule has 3 aromatic carbocycles. The minimum atomic E-state index is -0.745. The van der Waals surface area contributed by atoms with Crippen LogP contribution in [0, 0.1) is 11.7 Å². The van der Waals surface area contributed by atoms with Crippen molar-refractivity contribution >= 4 is 39.9 Å². The first kappa shape index (κ1) is 19.6. The molecule has 30 heavy (non-hydrogen) atoms. The quantitative estimate of drug-likeness (QED) is 0.658. The van der Waals surface area contributed by atoms with E-state index in [0.29, 0.717) is 5.69 Å². The summed E-state index contributed by atoms with van der Waals surface area (Å²) >= 11 is 0. The Balaban J connectivity index is 1.32. The molecule has 3 aromatic rings. The van der Waals surface area contributed by atoms with Gasteiger partial charge in [-0.3, -0.25) is 14.4 Å². The van der Waals surface area contributed by atoms with Gasteiger partial charge in [0.05, 0.1) is 11.6 Å². The Labute approximate surface area is 172 Å². The molecule has 1 fully saturated rings. The van der Waals surface area contributed by atoms with Crippen LogP contribution in [-0.4, -0.2) is 30.9 Å². The third-order valence-electron chi connectivity index (χ3n) is 4.98. The summed E-state index contributed by atoms with van der Waals surface area (Å²) in [6, 6.07) is 19.1. The number of hydrogen-bond donors (Lipinski definition) is 1. The van der Waals surface area contributed by atoms with E-state index in [1.165, 1.54) is 23.1 Å². The van der Waals surface area contributed by atoms with Gasteiger partial charge in [-0.15, -0.1) is 0 Å². The van der Waals surface area contributed by atoms with E-state index in [-0.39, 0.29) is 24.6 Å². The molecule has 1 N–H and O–H groups in total. The number of esters is 1. The highest BCUT2D eigenvalue weighted by atomic mass is 19.1. The maximum absolute atomic E-state index is 13.9. The second-order valence-corrected chi connectivity index (χ2v) is 7.07. The normalized spacial score (nSPS) is 16.0. The molecular formula is C23H19FN2O4. The number of fused-ring (bicyclic) bond motifs is 1. The van der Waals surface area contributed by atoms with Crippen molar-refractivity contribution in [3.63, 3.8) is 0 Å². The average Bonchev–Trinajstić information content (AvgIpc) is 3.14. The maximum Gasteiger partial charge on any atom is 0.311 e. The number of para-hydroxylation sites is 1. The topological polar surface area (TPSA) is 75.7 Å². The lowest BCUT2D eigenvalue weighted by Gasteiger charge is -2.17. The van der Waals surface area contributed by atoms with Crippen molar-refractivity contribution < 1.29 is 23.5 Å². The summed E-state index contributed by atoms with van der Waals surface area (Å²) in [7, 11) is 0. The molecule has 0 unspecified atom stereocenters. The molecule has 1 saturated heterocycles. The smallest absolute Gasteiger partial charge is 0.311 e. The van der Waals surface area contributed by atoms with Gasteiger partial charge in [0.25, 0.3) is 5.91 Å². The Morgan fingerprint density at radius 3 is 2.57 bits per heavy atom. The molecule has 0 saturated carbocycles. The van der Waals surface area contributed by atoms with E-state index >= 15 is 0 Å². The van der Waals surface area contributed by atoms with Gasteiger partial charge in [-0.05, 0) is 35.0 Å². The lowest BCUT2D eigenvalue weighted by molar-refractivity contribution is -0.151. The average molecular weight is 406 g/mol. The monoisotopic (exact) mass is 406 g/mol. The van der Waals surface area contributed by atoms with Crippen LogP contribution in [0.2, 0.25) is 0 Å².